The highest BCUT2D eigenvalue weighted by molar-refractivity contribution is 9.09. The minimum absolute atomic E-state index is 0.855. The van der Waals surface area contributed by atoms with E-state index in [1.165, 1.54) is 25.8 Å². The highest BCUT2D eigenvalue weighted by Crippen LogP contribution is 2.01. The molecule has 0 unspecified atom stereocenters. The third kappa shape index (κ3) is 10.4. The Balaban J connectivity index is 2.80. The van der Waals surface area contributed by atoms with E-state index in [0.29, 0.717) is 0 Å². The van der Waals surface area contributed by atoms with Crippen molar-refractivity contribution in [3.63, 3.8) is 0 Å². The molecule has 0 rings (SSSR count). The molecule has 0 amide bonds. The second kappa shape index (κ2) is 8.54. The lowest BCUT2D eigenvalue weighted by molar-refractivity contribution is 0.528. The Labute approximate surface area is 79.1 Å². The first-order valence-corrected chi connectivity index (χ1v) is 5.66. The van der Waals surface area contributed by atoms with Crippen LogP contribution in [0.2, 0.25) is 0 Å². The van der Waals surface area contributed by atoms with E-state index in [1.54, 1.807) is 0 Å². The lowest BCUT2D eigenvalue weighted by atomic mass is 10.1. The SMILES string of the molecule is CC(C)CCCNCCCBr. The molecule has 0 radical (unpaired) electrons. The number of alkyl halides is 1. The van der Waals surface area contributed by atoms with Crippen LogP contribution in [-0.2, 0) is 0 Å². The van der Waals surface area contributed by atoms with Gasteiger partial charge in [0.25, 0.3) is 0 Å². The van der Waals surface area contributed by atoms with Crippen LogP contribution in [0.15, 0.2) is 0 Å². The van der Waals surface area contributed by atoms with Crippen molar-refractivity contribution in [3.05, 3.63) is 0 Å². The van der Waals surface area contributed by atoms with Crippen LogP contribution >= 0.6 is 15.9 Å². The Morgan fingerprint density at radius 3 is 2.36 bits per heavy atom. The second-order valence-corrected chi connectivity index (χ2v) is 4.12. The summed E-state index contributed by atoms with van der Waals surface area (Å²) >= 11 is 3.40. The van der Waals surface area contributed by atoms with Crippen molar-refractivity contribution in [2.24, 2.45) is 5.92 Å². The van der Waals surface area contributed by atoms with E-state index < -0.39 is 0 Å². The summed E-state index contributed by atoms with van der Waals surface area (Å²) in [6.07, 6.45) is 3.91. The van der Waals surface area contributed by atoms with Gasteiger partial charge in [-0.1, -0.05) is 29.8 Å². The third-order valence-electron chi connectivity index (χ3n) is 1.62. The quantitative estimate of drug-likeness (QED) is 0.516. The van der Waals surface area contributed by atoms with E-state index in [-0.39, 0.29) is 0 Å². The molecule has 0 fully saturated rings. The van der Waals surface area contributed by atoms with Gasteiger partial charge >= 0.3 is 0 Å². The first-order valence-electron chi connectivity index (χ1n) is 4.54. The highest BCUT2D eigenvalue weighted by Gasteiger charge is 1.92. The molecule has 0 aromatic rings. The van der Waals surface area contributed by atoms with Gasteiger partial charge in [-0.25, -0.2) is 0 Å². The summed E-state index contributed by atoms with van der Waals surface area (Å²) in [5.41, 5.74) is 0. The standard InChI is InChI=1S/C9H20BrN/c1-9(2)5-3-7-11-8-4-6-10/h9,11H,3-8H2,1-2H3. The van der Waals surface area contributed by atoms with E-state index in [4.69, 9.17) is 0 Å². The number of hydrogen-bond acceptors (Lipinski definition) is 1. The predicted octanol–water partition coefficient (Wildman–Crippen LogP) is 2.80. The Morgan fingerprint density at radius 1 is 1.18 bits per heavy atom. The minimum Gasteiger partial charge on any atom is -0.317 e. The Kier molecular flexibility index (Phi) is 8.88. The van der Waals surface area contributed by atoms with E-state index in [2.05, 4.69) is 35.1 Å². The number of rotatable bonds is 7. The van der Waals surface area contributed by atoms with Gasteiger partial charge in [0.1, 0.15) is 0 Å². The summed E-state index contributed by atoms with van der Waals surface area (Å²) in [6, 6.07) is 0. The maximum absolute atomic E-state index is 3.41. The van der Waals surface area contributed by atoms with E-state index in [9.17, 15) is 0 Å². The highest BCUT2D eigenvalue weighted by atomic mass is 79.9. The number of nitrogens with one attached hydrogen (secondary N) is 1. The van der Waals surface area contributed by atoms with Gasteiger partial charge in [0.15, 0.2) is 0 Å². The molecule has 0 aliphatic heterocycles. The van der Waals surface area contributed by atoms with Crippen molar-refractivity contribution in [2.45, 2.75) is 33.1 Å². The fraction of sp³-hybridized carbons (Fsp3) is 1.00. The van der Waals surface area contributed by atoms with Crippen LogP contribution in [0.4, 0.5) is 0 Å². The molecule has 0 atom stereocenters. The van der Waals surface area contributed by atoms with Crippen LogP contribution in [-0.4, -0.2) is 18.4 Å². The number of hydrogen-bond donors (Lipinski definition) is 1. The summed E-state index contributed by atoms with van der Waals surface area (Å²) in [5.74, 6) is 0.855. The van der Waals surface area contributed by atoms with Crippen molar-refractivity contribution >= 4 is 15.9 Å². The maximum Gasteiger partial charge on any atom is 0.00433 e. The van der Waals surface area contributed by atoms with Crippen LogP contribution in [0.5, 0.6) is 0 Å². The average Bonchev–Trinajstić information content (AvgIpc) is 1.96. The van der Waals surface area contributed by atoms with Crippen molar-refractivity contribution < 1.29 is 0 Å². The van der Waals surface area contributed by atoms with Crippen LogP contribution in [0.25, 0.3) is 0 Å². The first-order chi connectivity index (χ1) is 5.27. The predicted molar refractivity (Wildman–Crippen MR) is 55.4 cm³/mol. The van der Waals surface area contributed by atoms with Crippen LogP contribution in [0.1, 0.15) is 33.1 Å². The summed E-state index contributed by atoms with van der Waals surface area (Å²) in [4.78, 5) is 0. The second-order valence-electron chi connectivity index (χ2n) is 3.33. The molecule has 0 bridgehead atoms. The van der Waals surface area contributed by atoms with E-state index in [1.807, 2.05) is 0 Å². The van der Waals surface area contributed by atoms with E-state index in [0.717, 1.165) is 17.8 Å². The topological polar surface area (TPSA) is 12.0 Å². The zero-order valence-electron chi connectivity index (χ0n) is 7.70. The van der Waals surface area contributed by atoms with Crippen molar-refractivity contribution in [2.75, 3.05) is 18.4 Å². The largest absolute Gasteiger partial charge is 0.317 e. The fourth-order valence-corrected chi connectivity index (χ4v) is 1.23. The molecule has 0 saturated heterocycles. The fourth-order valence-electron chi connectivity index (χ4n) is 0.952. The van der Waals surface area contributed by atoms with Gasteiger partial charge in [-0.05, 0) is 38.3 Å². The molecular weight excluding hydrogens is 202 g/mol. The molecule has 0 aliphatic rings. The summed E-state index contributed by atoms with van der Waals surface area (Å²) in [7, 11) is 0. The van der Waals surface area contributed by atoms with E-state index >= 15 is 0 Å². The summed E-state index contributed by atoms with van der Waals surface area (Å²) < 4.78 is 0. The normalized spacial score (nSPS) is 10.9. The van der Waals surface area contributed by atoms with Crippen LogP contribution in [0, 0.1) is 5.92 Å². The van der Waals surface area contributed by atoms with Gasteiger partial charge in [0.2, 0.25) is 0 Å². The Bertz CT molecular complexity index is 74.0. The van der Waals surface area contributed by atoms with Crippen molar-refractivity contribution in [1.82, 2.24) is 5.32 Å². The van der Waals surface area contributed by atoms with Crippen molar-refractivity contribution in [1.29, 1.82) is 0 Å². The molecule has 0 heterocycles. The molecule has 2 heteroatoms. The smallest absolute Gasteiger partial charge is 0.00433 e. The molecule has 1 nitrogen and oxygen atoms in total. The van der Waals surface area contributed by atoms with Gasteiger partial charge in [0.05, 0.1) is 0 Å². The van der Waals surface area contributed by atoms with Gasteiger partial charge in [-0.3, -0.25) is 0 Å². The Morgan fingerprint density at radius 2 is 1.82 bits per heavy atom. The molecule has 0 saturated carbocycles. The lowest BCUT2D eigenvalue weighted by Gasteiger charge is -2.05. The van der Waals surface area contributed by atoms with Gasteiger partial charge in [-0.2, -0.15) is 0 Å². The van der Waals surface area contributed by atoms with Gasteiger partial charge in [-0.15, -0.1) is 0 Å². The maximum atomic E-state index is 3.41. The zero-order valence-corrected chi connectivity index (χ0v) is 9.28. The van der Waals surface area contributed by atoms with Crippen LogP contribution < -0.4 is 5.32 Å². The summed E-state index contributed by atoms with van der Waals surface area (Å²) in [5, 5.41) is 4.53. The first kappa shape index (κ1) is 11.4. The molecule has 0 aliphatic carbocycles. The monoisotopic (exact) mass is 221 g/mol. The number of halogens is 1. The molecule has 1 N–H and O–H groups in total. The molecule has 0 aromatic carbocycles. The van der Waals surface area contributed by atoms with Gasteiger partial charge in [0, 0.05) is 5.33 Å². The van der Waals surface area contributed by atoms with Crippen LogP contribution in [0.3, 0.4) is 0 Å². The van der Waals surface area contributed by atoms with Crippen molar-refractivity contribution in [3.8, 4) is 0 Å². The third-order valence-corrected chi connectivity index (χ3v) is 2.18. The minimum atomic E-state index is 0.855. The molecule has 68 valence electrons. The Hall–Kier alpha value is 0.440. The molecule has 11 heavy (non-hydrogen) atoms. The van der Waals surface area contributed by atoms with Gasteiger partial charge < -0.3 is 5.32 Å². The molecular formula is C9H20BrN. The average molecular weight is 222 g/mol. The molecule has 0 spiro atoms. The molecule has 0 aromatic heterocycles. The lowest BCUT2D eigenvalue weighted by Crippen LogP contribution is -2.17. The zero-order chi connectivity index (χ0) is 8.53. The summed E-state index contributed by atoms with van der Waals surface area (Å²) in [6.45, 7) is 6.89.